The van der Waals surface area contributed by atoms with Crippen LogP contribution in [0.5, 0.6) is 5.75 Å². The van der Waals surface area contributed by atoms with Crippen molar-refractivity contribution >= 4 is 17.3 Å². The van der Waals surface area contributed by atoms with Gasteiger partial charge in [0, 0.05) is 12.2 Å². The summed E-state index contributed by atoms with van der Waals surface area (Å²) in [6.07, 6.45) is -4.63. The van der Waals surface area contributed by atoms with E-state index in [9.17, 15) is 22.7 Å². The standard InChI is InChI=1S/C14H10ClF4NO/c15-12-6-10(3-4-13(12)21)20-7-8-1-2-9(16)5-11(8)14(17,18)19/h1-6,20-21H,7H2. The van der Waals surface area contributed by atoms with Crippen LogP contribution in [0.2, 0.25) is 5.02 Å². The lowest BCUT2D eigenvalue weighted by Crippen LogP contribution is -2.12. The minimum Gasteiger partial charge on any atom is -0.506 e. The first-order valence-electron chi connectivity index (χ1n) is 5.85. The molecule has 0 unspecified atom stereocenters. The first-order chi connectivity index (χ1) is 9.77. The number of nitrogens with one attached hydrogen (secondary N) is 1. The third-order valence-corrected chi connectivity index (χ3v) is 3.11. The van der Waals surface area contributed by atoms with E-state index in [1.54, 1.807) is 0 Å². The summed E-state index contributed by atoms with van der Waals surface area (Å²) in [6, 6.07) is 6.68. The van der Waals surface area contributed by atoms with Crippen molar-refractivity contribution in [2.24, 2.45) is 0 Å². The van der Waals surface area contributed by atoms with Crippen LogP contribution in [-0.2, 0) is 12.7 Å². The van der Waals surface area contributed by atoms with E-state index in [-0.39, 0.29) is 22.9 Å². The van der Waals surface area contributed by atoms with Crippen molar-refractivity contribution in [3.05, 3.63) is 58.4 Å². The Labute approximate surface area is 123 Å². The number of hydrogen-bond donors (Lipinski definition) is 2. The maximum Gasteiger partial charge on any atom is 0.416 e. The molecule has 2 aromatic carbocycles. The van der Waals surface area contributed by atoms with E-state index in [0.717, 1.165) is 12.1 Å². The molecule has 7 heteroatoms. The number of aromatic hydroxyl groups is 1. The highest BCUT2D eigenvalue weighted by atomic mass is 35.5. The molecule has 0 fully saturated rings. The monoisotopic (exact) mass is 319 g/mol. The van der Waals surface area contributed by atoms with Crippen molar-refractivity contribution in [2.75, 3.05) is 5.32 Å². The quantitative estimate of drug-likeness (QED) is 0.628. The minimum absolute atomic E-state index is 0.0788. The molecule has 0 atom stereocenters. The maximum absolute atomic E-state index is 13.0. The van der Waals surface area contributed by atoms with Crippen molar-refractivity contribution in [3.8, 4) is 5.75 Å². The molecule has 0 aliphatic rings. The second-order valence-corrected chi connectivity index (χ2v) is 4.73. The number of hydrogen-bond acceptors (Lipinski definition) is 2. The van der Waals surface area contributed by atoms with Gasteiger partial charge in [0.2, 0.25) is 0 Å². The Morgan fingerprint density at radius 1 is 1.10 bits per heavy atom. The van der Waals surface area contributed by atoms with E-state index in [1.807, 2.05) is 0 Å². The Balaban J connectivity index is 2.22. The third-order valence-electron chi connectivity index (χ3n) is 2.81. The number of alkyl halides is 3. The third kappa shape index (κ3) is 3.78. The summed E-state index contributed by atoms with van der Waals surface area (Å²) in [5.74, 6) is -1.07. The first-order valence-corrected chi connectivity index (χ1v) is 6.23. The fourth-order valence-corrected chi connectivity index (χ4v) is 1.96. The highest BCUT2D eigenvalue weighted by molar-refractivity contribution is 6.32. The lowest BCUT2D eigenvalue weighted by atomic mass is 10.1. The van der Waals surface area contributed by atoms with Crippen molar-refractivity contribution < 1.29 is 22.7 Å². The number of phenolic OH excluding ortho intramolecular Hbond substituents is 1. The zero-order valence-corrected chi connectivity index (χ0v) is 11.3. The average molecular weight is 320 g/mol. The fourth-order valence-electron chi connectivity index (χ4n) is 1.78. The number of anilines is 1. The number of benzene rings is 2. The van der Waals surface area contributed by atoms with E-state index >= 15 is 0 Å². The molecule has 0 saturated carbocycles. The van der Waals surface area contributed by atoms with Crippen molar-refractivity contribution in [3.63, 3.8) is 0 Å². The van der Waals surface area contributed by atoms with Crippen LogP contribution in [0.1, 0.15) is 11.1 Å². The molecule has 2 N–H and O–H groups in total. The van der Waals surface area contributed by atoms with Gasteiger partial charge in [0.15, 0.2) is 0 Å². The molecule has 0 radical (unpaired) electrons. The van der Waals surface area contributed by atoms with Gasteiger partial charge in [-0.25, -0.2) is 4.39 Å². The SMILES string of the molecule is Oc1ccc(NCc2ccc(F)cc2C(F)(F)F)cc1Cl. The van der Waals surface area contributed by atoms with Gasteiger partial charge in [0.1, 0.15) is 11.6 Å². The van der Waals surface area contributed by atoms with Crippen LogP contribution in [0.25, 0.3) is 0 Å². The molecule has 2 rings (SSSR count). The van der Waals surface area contributed by atoms with E-state index < -0.39 is 17.6 Å². The zero-order valence-electron chi connectivity index (χ0n) is 10.5. The summed E-state index contributed by atoms with van der Waals surface area (Å²) in [5, 5.41) is 12.1. The number of rotatable bonds is 3. The van der Waals surface area contributed by atoms with E-state index in [2.05, 4.69) is 5.32 Å². The molecular weight excluding hydrogens is 310 g/mol. The van der Waals surface area contributed by atoms with Gasteiger partial charge in [0.05, 0.1) is 10.6 Å². The molecule has 2 aromatic rings. The van der Waals surface area contributed by atoms with Crippen LogP contribution in [0, 0.1) is 5.82 Å². The highest BCUT2D eigenvalue weighted by Gasteiger charge is 2.33. The summed E-state index contributed by atoms with van der Waals surface area (Å²) < 4.78 is 51.4. The molecule has 0 aliphatic carbocycles. The van der Waals surface area contributed by atoms with Crippen LogP contribution in [0.15, 0.2) is 36.4 Å². The molecular formula is C14H10ClF4NO. The molecule has 0 spiro atoms. The second kappa shape index (κ2) is 5.81. The molecule has 0 aromatic heterocycles. The van der Waals surface area contributed by atoms with Crippen LogP contribution >= 0.6 is 11.6 Å². The molecule has 0 amide bonds. The van der Waals surface area contributed by atoms with Gasteiger partial charge in [0.25, 0.3) is 0 Å². The Hall–Kier alpha value is -1.95. The van der Waals surface area contributed by atoms with Gasteiger partial charge in [-0.1, -0.05) is 17.7 Å². The van der Waals surface area contributed by atoms with Gasteiger partial charge in [-0.3, -0.25) is 0 Å². The molecule has 0 saturated heterocycles. The Kier molecular flexibility index (Phi) is 4.27. The molecule has 21 heavy (non-hydrogen) atoms. The predicted molar refractivity (Wildman–Crippen MR) is 71.8 cm³/mol. The van der Waals surface area contributed by atoms with Gasteiger partial charge in [-0.2, -0.15) is 13.2 Å². The molecule has 0 bridgehead atoms. The Morgan fingerprint density at radius 3 is 2.43 bits per heavy atom. The smallest absolute Gasteiger partial charge is 0.416 e. The molecule has 112 valence electrons. The van der Waals surface area contributed by atoms with E-state index in [4.69, 9.17) is 11.6 Å². The summed E-state index contributed by atoms with van der Waals surface area (Å²) in [7, 11) is 0. The van der Waals surface area contributed by atoms with Crippen LogP contribution < -0.4 is 5.32 Å². The topological polar surface area (TPSA) is 32.3 Å². The summed E-state index contributed by atoms with van der Waals surface area (Å²) in [4.78, 5) is 0. The molecule has 2 nitrogen and oxygen atoms in total. The lowest BCUT2D eigenvalue weighted by molar-refractivity contribution is -0.138. The van der Waals surface area contributed by atoms with Gasteiger partial charge < -0.3 is 10.4 Å². The normalized spacial score (nSPS) is 11.5. The average Bonchev–Trinajstić information content (AvgIpc) is 2.40. The van der Waals surface area contributed by atoms with Gasteiger partial charge in [-0.15, -0.1) is 0 Å². The van der Waals surface area contributed by atoms with Crippen LogP contribution in [0.3, 0.4) is 0 Å². The molecule has 0 heterocycles. The summed E-state index contributed by atoms with van der Waals surface area (Å²) in [6.45, 7) is -0.157. The molecule has 0 aliphatic heterocycles. The second-order valence-electron chi connectivity index (χ2n) is 4.32. The van der Waals surface area contributed by atoms with E-state index in [0.29, 0.717) is 11.8 Å². The Bertz CT molecular complexity index is 658. The first kappa shape index (κ1) is 15.4. The van der Waals surface area contributed by atoms with Crippen molar-refractivity contribution in [2.45, 2.75) is 12.7 Å². The maximum atomic E-state index is 13.0. The summed E-state index contributed by atoms with van der Waals surface area (Å²) >= 11 is 5.70. The highest BCUT2D eigenvalue weighted by Crippen LogP contribution is 2.33. The van der Waals surface area contributed by atoms with Gasteiger partial charge in [-0.05, 0) is 35.9 Å². The largest absolute Gasteiger partial charge is 0.506 e. The zero-order chi connectivity index (χ0) is 15.6. The van der Waals surface area contributed by atoms with Crippen molar-refractivity contribution in [1.29, 1.82) is 0 Å². The number of halogens is 5. The number of phenols is 1. The minimum atomic E-state index is -4.63. The van der Waals surface area contributed by atoms with E-state index in [1.165, 1.54) is 18.2 Å². The predicted octanol–water partition coefficient (Wildman–Crippen LogP) is 4.82. The Morgan fingerprint density at radius 2 is 1.81 bits per heavy atom. The summed E-state index contributed by atoms with van der Waals surface area (Å²) in [5.41, 5.74) is -0.678. The van der Waals surface area contributed by atoms with Crippen LogP contribution in [0.4, 0.5) is 23.2 Å². The fraction of sp³-hybridized carbons (Fsp3) is 0.143. The lowest BCUT2D eigenvalue weighted by Gasteiger charge is -2.14. The van der Waals surface area contributed by atoms with Crippen molar-refractivity contribution in [1.82, 2.24) is 0 Å². The van der Waals surface area contributed by atoms with Crippen LogP contribution in [-0.4, -0.2) is 5.11 Å². The van der Waals surface area contributed by atoms with Gasteiger partial charge >= 0.3 is 6.18 Å².